The number of nitrogens with zero attached hydrogens (tertiary/aromatic N) is 1. The van der Waals surface area contributed by atoms with E-state index in [1.165, 1.54) is 0 Å². The average Bonchev–Trinajstić information content (AvgIpc) is 2.37. The van der Waals surface area contributed by atoms with Gasteiger partial charge in [0.25, 0.3) is 0 Å². The van der Waals surface area contributed by atoms with E-state index in [0.29, 0.717) is 18.2 Å². The molecule has 0 aliphatic rings. The second kappa shape index (κ2) is 5.34. The van der Waals surface area contributed by atoms with Crippen molar-refractivity contribution in [2.45, 2.75) is 13.3 Å². The van der Waals surface area contributed by atoms with E-state index in [9.17, 15) is 0 Å². The SMILES string of the molecule is CCCOc1cc(N)cc(-c2ccccc2)n1. The molecule has 0 unspecified atom stereocenters. The maximum absolute atomic E-state index is 5.85. The predicted octanol–water partition coefficient (Wildman–Crippen LogP) is 3.12. The number of nitrogens with two attached hydrogens (primary N) is 1. The van der Waals surface area contributed by atoms with Gasteiger partial charge in [0.2, 0.25) is 5.88 Å². The molecule has 0 radical (unpaired) electrons. The van der Waals surface area contributed by atoms with Gasteiger partial charge in [-0.1, -0.05) is 37.3 Å². The van der Waals surface area contributed by atoms with Crippen LogP contribution < -0.4 is 10.5 Å². The Kier molecular flexibility index (Phi) is 3.60. The number of pyridine rings is 1. The molecule has 0 fully saturated rings. The van der Waals surface area contributed by atoms with E-state index in [-0.39, 0.29) is 0 Å². The normalized spacial score (nSPS) is 10.2. The van der Waals surface area contributed by atoms with Gasteiger partial charge >= 0.3 is 0 Å². The van der Waals surface area contributed by atoms with Gasteiger partial charge in [0.1, 0.15) is 0 Å². The van der Waals surface area contributed by atoms with Crippen LogP contribution in [0.4, 0.5) is 5.69 Å². The minimum Gasteiger partial charge on any atom is -0.478 e. The Hall–Kier alpha value is -2.03. The van der Waals surface area contributed by atoms with Crippen LogP contribution in [-0.4, -0.2) is 11.6 Å². The molecule has 1 heterocycles. The monoisotopic (exact) mass is 228 g/mol. The lowest BCUT2D eigenvalue weighted by Gasteiger charge is -2.07. The summed E-state index contributed by atoms with van der Waals surface area (Å²) in [5, 5.41) is 0. The number of anilines is 1. The molecule has 17 heavy (non-hydrogen) atoms. The fourth-order valence-electron chi connectivity index (χ4n) is 1.56. The number of hydrogen-bond donors (Lipinski definition) is 1. The van der Waals surface area contributed by atoms with E-state index in [1.807, 2.05) is 36.4 Å². The third kappa shape index (κ3) is 2.97. The van der Waals surface area contributed by atoms with Crippen molar-refractivity contribution in [3.05, 3.63) is 42.5 Å². The summed E-state index contributed by atoms with van der Waals surface area (Å²) in [5.74, 6) is 0.589. The highest BCUT2D eigenvalue weighted by Gasteiger charge is 2.03. The first-order chi connectivity index (χ1) is 8.29. The molecule has 2 rings (SSSR count). The Morgan fingerprint density at radius 1 is 1.18 bits per heavy atom. The summed E-state index contributed by atoms with van der Waals surface area (Å²) in [7, 11) is 0. The van der Waals surface area contributed by atoms with E-state index in [4.69, 9.17) is 10.5 Å². The van der Waals surface area contributed by atoms with Crippen molar-refractivity contribution < 1.29 is 4.74 Å². The third-order valence-corrected chi connectivity index (χ3v) is 2.35. The van der Waals surface area contributed by atoms with Crippen LogP contribution in [0.15, 0.2) is 42.5 Å². The average molecular weight is 228 g/mol. The number of ether oxygens (including phenoxy) is 1. The maximum Gasteiger partial charge on any atom is 0.215 e. The Morgan fingerprint density at radius 3 is 2.65 bits per heavy atom. The molecular weight excluding hydrogens is 212 g/mol. The van der Waals surface area contributed by atoms with Crippen LogP contribution in [0.2, 0.25) is 0 Å². The lowest BCUT2D eigenvalue weighted by Crippen LogP contribution is -1.99. The van der Waals surface area contributed by atoms with Crippen molar-refractivity contribution in [1.82, 2.24) is 4.98 Å². The van der Waals surface area contributed by atoms with Crippen molar-refractivity contribution >= 4 is 5.69 Å². The first-order valence-corrected chi connectivity index (χ1v) is 5.75. The van der Waals surface area contributed by atoms with E-state index < -0.39 is 0 Å². The molecule has 3 heteroatoms. The molecule has 0 aliphatic carbocycles. The van der Waals surface area contributed by atoms with Crippen LogP contribution >= 0.6 is 0 Å². The zero-order valence-electron chi connectivity index (χ0n) is 9.89. The summed E-state index contributed by atoms with van der Waals surface area (Å²) in [5.41, 5.74) is 8.41. The summed E-state index contributed by atoms with van der Waals surface area (Å²) in [4.78, 5) is 4.44. The lowest BCUT2D eigenvalue weighted by atomic mass is 10.1. The van der Waals surface area contributed by atoms with Crippen LogP contribution in [0.3, 0.4) is 0 Å². The third-order valence-electron chi connectivity index (χ3n) is 2.35. The second-order valence-corrected chi connectivity index (χ2v) is 3.84. The number of nitrogen functional groups attached to an aromatic ring is 1. The highest BCUT2D eigenvalue weighted by atomic mass is 16.5. The number of aromatic nitrogens is 1. The summed E-state index contributed by atoms with van der Waals surface area (Å²) in [6.07, 6.45) is 0.956. The van der Waals surface area contributed by atoms with Crippen LogP contribution in [0.5, 0.6) is 5.88 Å². The highest BCUT2D eigenvalue weighted by Crippen LogP contribution is 2.23. The molecule has 0 bridgehead atoms. The van der Waals surface area contributed by atoms with Crippen LogP contribution in [0.25, 0.3) is 11.3 Å². The van der Waals surface area contributed by atoms with E-state index in [2.05, 4.69) is 11.9 Å². The smallest absolute Gasteiger partial charge is 0.215 e. The van der Waals surface area contributed by atoms with Crippen LogP contribution in [0.1, 0.15) is 13.3 Å². The Balaban J connectivity index is 2.32. The largest absolute Gasteiger partial charge is 0.478 e. The fraction of sp³-hybridized carbons (Fsp3) is 0.214. The van der Waals surface area contributed by atoms with Gasteiger partial charge in [0.05, 0.1) is 12.3 Å². The quantitative estimate of drug-likeness (QED) is 0.874. The van der Waals surface area contributed by atoms with Crippen molar-refractivity contribution in [1.29, 1.82) is 0 Å². The van der Waals surface area contributed by atoms with Gasteiger partial charge in [0.15, 0.2) is 0 Å². The van der Waals surface area contributed by atoms with Gasteiger partial charge in [-0.05, 0) is 12.5 Å². The van der Waals surface area contributed by atoms with Crippen molar-refractivity contribution in [2.75, 3.05) is 12.3 Å². The van der Waals surface area contributed by atoms with Crippen molar-refractivity contribution in [3.63, 3.8) is 0 Å². The molecule has 1 aromatic heterocycles. The zero-order valence-corrected chi connectivity index (χ0v) is 9.89. The summed E-state index contributed by atoms with van der Waals surface area (Å²) in [6.45, 7) is 2.72. The van der Waals surface area contributed by atoms with Gasteiger partial charge in [-0.15, -0.1) is 0 Å². The number of benzene rings is 1. The molecule has 0 saturated heterocycles. The second-order valence-electron chi connectivity index (χ2n) is 3.84. The van der Waals surface area contributed by atoms with Gasteiger partial charge in [-0.2, -0.15) is 0 Å². The Labute approximate surface area is 101 Å². The Bertz CT molecular complexity index is 483. The highest BCUT2D eigenvalue weighted by molar-refractivity contribution is 5.64. The molecule has 0 saturated carbocycles. The molecule has 2 aromatic rings. The van der Waals surface area contributed by atoms with E-state index in [1.54, 1.807) is 6.07 Å². The van der Waals surface area contributed by atoms with Crippen molar-refractivity contribution in [2.24, 2.45) is 0 Å². The number of hydrogen-bond acceptors (Lipinski definition) is 3. The summed E-state index contributed by atoms with van der Waals surface area (Å²) < 4.78 is 5.51. The molecule has 0 aliphatic heterocycles. The van der Waals surface area contributed by atoms with Crippen LogP contribution in [0, 0.1) is 0 Å². The van der Waals surface area contributed by atoms with E-state index in [0.717, 1.165) is 17.7 Å². The molecule has 0 atom stereocenters. The molecule has 0 amide bonds. The predicted molar refractivity (Wildman–Crippen MR) is 69.9 cm³/mol. The molecule has 2 N–H and O–H groups in total. The Morgan fingerprint density at radius 2 is 1.94 bits per heavy atom. The maximum atomic E-state index is 5.85. The fourth-order valence-corrected chi connectivity index (χ4v) is 1.56. The van der Waals surface area contributed by atoms with Gasteiger partial charge in [-0.3, -0.25) is 0 Å². The summed E-state index contributed by atoms with van der Waals surface area (Å²) in [6, 6.07) is 13.6. The van der Waals surface area contributed by atoms with E-state index >= 15 is 0 Å². The molecule has 88 valence electrons. The minimum absolute atomic E-state index is 0.589. The zero-order chi connectivity index (χ0) is 12.1. The van der Waals surface area contributed by atoms with Gasteiger partial charge in [-0.25, -0.2) is 4.98 Å². The van der Waals surface area contributed by atoms with Gasteiger partial charge in [0, 0.05) is 17.3 Å². The van der Waals surface area contributed by atoms with Crippen LogP contribution in [-0.2, 0) is 0 Å². The molecular formula is C14H16N2O. The topological polar surface area (TPSA) is 48.1 Å². The van der Waals surface area contributed by atoms with Crippen molar-refractivity contribution in [3.8, 4) is 17.1 Å². The lowest BCUT2D eigenvalue weighted by molar-refractivity contribution is 0.306. The standard InChI is InChI=1S/C14H16N2O/c1-2-8-17-14-10-12(15)9-13(16-14)11-6-4-3-5-7-11/h3-7,9-10H,2,8H2,1H3,(H2,15,16). The first kappa shape index (κ1) is 11.5. The summed E-state index contributed by atoms with van der Waals surface area (Å²) >= 11 is 0. The molecule has 1 aromatic carbocycles. The number of rotatable bonds is 4. The molecule has 3 nitrogen and oxygen atoms in total. The molecule has 0 spiro atoms. The van der Waals surface area contributed by atoms with Gasteiger partial charge < -0.3 is 10.5 Å². The minimum atomic E-state index is 0.589. The first-order valence-electron chi connectivity index (χ1n) is 5.75.